The Hall–Kier alpha value is -1.55. The zero-order valence-electron chi connectivity index (χ0n) is 12.8. The van der Waals surface area contributed by atoms with Crippen LogP contribution in [0.5, 0.6) is 0 Å². The van der Waals surface area contributed by atoms with E-state index < -0.39 is 0 Å². The number of cyclic esters (lactones) is 1. The summed E-state index contributed by atoms with van der Waals surface area (Å²) in [6.45, 7) is 0.857. The number of carbonyl (C=O) groups excluding carboxylic acids is 1. The van der Waals surface area contributed by atoms with Crippen LogP contribution in [0.4, 0.5) is 4.79 Å². The van der Waals surface area contributed by atoms with Gasteiger partial charge in [0.05, 0.1) is 6.61 Å². The van der Waals surface area contributed by atoms with E-state index >= 15 is 0 Å². The van der Waals surface area contributed by atoms with Crippen molar-refractivity contribution in [3.05, 3.63) is 34.9 Å². The van der Waals surface area contributed by atoms with E-state index in [0.29, 0.717) is 31.0 Å². The van der Waals surface area contributed by atoms with Crippen LogP contribution in [0.15, 0.2) is 18.2 Å². The second kappa shape index (κ2) is 5.58. The molecule has 2 aliphatic carbocycles. The number of alkyl carbamates (subject to hydrolysis) is 1. The summed E-state index contributed by atoms with van der Waals surface area (Å²) < 4.78 is 5.12. The lowest BCUT2D eigenvalue weighted by Gasteiger charge is -2.31. The molecule has 4 heteroatoms. The fraction of sp³-hybridized carbons (Fsp3) is 0.611. The fourth-order valence-electron chi connectivity index (χ4n) is 4.46. The second-order valence-corrected chi connectivity index (χ2v) is 7.03. The Kier molecular flexibility index (Phi) is 3.57. The van der Waals surface area contributed by atoms with Crippen LogP contribution >= 0.6 is 0 Å². The van der Waals surface area contributed by atoms with Crippen molar-refractivity contribution in [2.75, 3.05) is 13.2 Å². The van der Waals surface area contributed by atoms with Crippen molar-refractivity contribution in [3.63, 3.8) is 0 Å². The Labute approximate surface area is 130 Å². The normalized spacial score (nSPS) is 33.6. The Morgan fingerprint density at radius 2 is 2.14 bits per heavy atom. The summed E-state index contributed by atoms with van der Waals surface area (Å²) in [5.74, 6) is 1.29. The van der Waals surface area contributed by atoms with Crippen LogP contribution in [0.25, 0.3) is 0 Å². The topological polar surface area (TPSA) is 58.6 Å². The molecule has 1 unspecified atom stereocenters. The molecule has 4 nitrogen and oxygen atoms in total. The van der Waals surface area contributed by atoms with Crippen molar-refractivity contribution in [2.24, 2.45) is 11.8 Å². The zero-order valence-corrected chi connectivity index (χ0v) is 12.8. The quantitative estimate of drug-likeness (QED) is 0.882. The number of aliphatic hydroxyl groups is 1. The van der Waals surface area contributed by atoms with Crippen LogP contribution in [0.1, 0.15) is 41.9 Å². The third-order valence-corrected chi connectivity index (χ3v) is 5.75. The Balaban J connectivity index is 1.57. The highest BCUT2D eigenvalue weighted by molar-refractivity contribution is 5.68. The summed E-state index contributed by atoms with van der Waals surface area (Å²) in [6.07, 6.45) is 5.11. The van der Waals surface area contributed by atoms with Crippen LogP contribution in [0.2, 0.25) is 0 Å². The molecule has 1 saturated heterocycles. The van der Waals surface area contributed by atoms with Crippen molar-refractivity contribution >= 4 is 6.09 Å². The summed E-state index contributed by atoms with van der Waals surface area (Å²) in [5, 5.41) is 12.4. The molecular weight excluding hydrogens is 278 g/mol. The number of hydrogen-bond donors (Lipinski definition) is 2. The average molecular weight is 301 g/mol. The van der Waals surface area contributed by atoms with Gasteiger partial charge in [-0.15, -0.1) is 0 Å². The molecule has 1 aliphatic heterocycles. The molecule has 22 heavy (non-hydrogen) atoms. The van der Waals surface area contributed by atoms with Gasteiger partial charge in [-0.1, -0.05) is 18.2 Å². The zero-order chi connectivity index (χ0) is 15.1. The predicted octanol–water partition coefficient (Wildman–Crippen LogP) is 2.39. The highest BCUT2D eigenvalue weighted by atomic mass is 16.6. The number of fused-ring (bicyclic) bond motifs is 2. The minimum absolute atomic E-state index is 0.230. The maximum absolute atomic E-state index is 11.5. The number of ether oxygens (including phenoxy) is 1. The van der Waals surface area contributed by atoms with Crippen molar-refractivity contribution < 1.29 is 14.6 Å². The number of rotatable bonds is 2. The monoisotopic (exact) mass is 301 g/mol. The molecule has 1 heterocycles. The number of aryl methyl sites for hydroxylation is 1. The molecule has 118 valence electrons. The fourth-order valence-corrected chi connectivity index (χ4v) is 4.46. The minimum atomic E-state index is -0.267. The molecule has 0 aromatic heterocycles. The summed E-state index contributed by atoms with van der Waals surface area (Å²) in [5.41, 5.74) is 4.18. The van der Waals surface area contributed by atoms with Crippen molar-refractivity contribution in [1.29, 1.82) is 0 Å². The van der Waals surface area contributed by atoms with E-state index in [1.54, 1.807) is 0 Å². The predicted molar refractivity (Wildman–Crippen MR) is 82.8 cm³/mol. The number of benzene rings is 1. The third kappa shape index (κ3) is 2.39. The van der Waals surface area contributed by atoms with Crippen molar-refractivity contribution in [3.8, 4) is 0 Å². The van der Waals surface area contributed by atoms with Gasteiger partial charge in [0, 0.05) is 24.5 Å². The molecule has 3 aliphatic rings. The lowest BCUT2D eigenvalue weighted by Crippen LogP contribution is -2.47. The second-order valence-electron chi connectivity index (χ2n) is 7.03. The van der Waals surface area contributed by atoms with E-state index in [4.69, 9.17) is 4.74 Å². The van der Waals surface area contributed by atoms with Crippen LogP contribution in [0, 0.1) is 11.8 Å². The Morgan fingerprint density at radius 3 is 3.00 bits per heavy atom. The highest BCUT2D eigenvalue weighted by Gasteiger charge is 2.41. The number of amides is 1. The Morgan fingerprint density at radius 1 is 1.23 bits per heavy atom. The lowest BCUT2D eigenvalue weighted by atomic mass is 9.81. The molecule has 4 atom stereocenters. The van der Waals surface area contributed by atoms with E-state index in [9.17, 15) is 9.90 Å². The van der Waals surface area contributed by atoms with Crippen molar-refractivity contribution in [2.45, 2.75) is 44.1 Å². The average Bonchev–Trinajstić information content (AvgIpc) is 2.96. The van der Waals surface area contributed by atoms with Crippen LogP contribution < -0.4 is 5.32 Å². The van der Waals surface area contributed by atoms with E-state index in [1.807, 2.05) is 0 Å². The van der Waals surface area contributed by atoms with Gasteiger partial charge >= 0.3 is 6.09 Å². The van der Waals surface area contributed by atoms with E-state index in [-0.39, 0.29) is 12.1 Å². The number of nitrogens with one attached hydrogen (secondary N) is 1. The molecule has 1 aromatic carbocycles. The molecule has 1 aromatic rings. The largest absolute Gasteiger partial charge is 0.449 e. The van der Waals surface area contributed by atoms with E-state index in [2.05, 4.69) is 23.5 Å². The first-order valence-corrected chi connectivity index (χ1v) is 8.40. The van der Waals surface area contributed by atoms with E-state index in [1.165, 1.54) is 16.7 Å². The number of hydrogen-bond acceptors (Lipinski definition) is 3. The molecule has 0 bridgehead atoms. The molecule has 0 spiro atoms. The number of aliphatic hydroxyl groups excluding tert-OH is 1. The summed E-state index contributed by atoms with van der Waals surface area (Å²) in [4.78, 5) is 11.5. The minimum Gasteiger partial charge on any atom is -0.449 e. The number of carbonyl (C=O) groups is 1. The molecule has 2 fully saturated rings. The third-order valence-electron chi connectivity index (χ3n) is 5.75. The first-order chi connectivity index (χ1) is 10.7. The van der Waals surface area contributed by atoms with Gasteiger partial charge in [0.1, 0.15) is 0 Å². The first-order valence-electron chi connectivity index (χ1n) is 8.40. The molecular formula is C18H23NO3. The van der Waals surface area contributed by atoms with Gasteiger partial charge in [-0.3, -0.25) is 0 Å². The lowest BCUT2D eigenvalue weighted by molar-refractivity contribution is 0.0878. The van der Waals surface area contributed by atoms with Gasteiger partial charge < -0.3 is 15.2 Å². The molecule has 1 saturated carbocycles. The van der Waals surface area contributed by atoms with Gasteiger partial charge in [-0.25, -0.2) is 4.79 Å². The summed E-state index contributed by atoms with van der Waals surface area (Å²) in [7, 11) is 0. The standard InChI is InChI=1S/C18H23NO3/c20-9-11-1-2-13-8-14(4-3-12(13)7-11)16-6-5-15-10-22-18(21)19-17(15)16/h3-4,8,11,15-17,20H,1-2,5-7,9-10H2,(H,19,21)/t11-,15-,16-,17?/m1/s1. The molecule has 1 amide bonds. The van der Waals surface area contributed by atoms with Gasteiger partial charge in [-0.2, -0.15) is 0 Å². The first kappa shape index (κ1) is 14.1. The van der Waals surface area contributed by atoms with Crippen LogP contribution in [-0.4, -0.2) is 30.5 Å². The van der Waals surface area contributed by atoms with Gasteiger partial charge in [-0.05, 0) is 54.7 Å². The van der Waals surface area contributed by atoms with E-state index in [0.717, 1.165) is 32.1 Å². The van der Waals surface area contributed by atoms with Crippen LogP contribution in [-0.2, 0) is 17.6 Å². The van der Waals surface area contributed by atoms with Crippen LogP contribution in [0.3, 0.4) is 0 Å². The molecule has 0 radical (unpaired) electrons. The maximum atomic E-state index is 11.5. The van der Waals surface area contributed by atoms with Gasteiger partial charge in [0.25, 0.3) is 0 Å². The highest BCUT2D eigenvalue weighted by Crippen LogP contribution is 2.41. The summed E-state index contributed by atoms with van der Waals surface area (Å²) in [6, 6.07) is 7.04. The van der Waals surface area contributed by atoms with Gasteiger partial charge in [0.15, 0.2) is 0 Å². The van der Waals surface area contributed by atoms with Gasteiger partial charge in [0.2, 0.25) is 0 Å². The molecule has 4 rings (SSSR count). The SMILES string of the molecule is O=C1NC2[C@H](CC[C@@H]2c2ccc3c(c2)CC[C@@H](CO)C3)CO1. The smallest absolute Gasteiger partial charge is 0.407 e. The Bertz CT molecular complexity index is 586. The van der Waals surface area contributed by atoms with Crippen molar-refractivity contribution in [1.82, 2.24) is 5.32 Å². The summed E-state index contributed by atoms with van der Waals surface area (Å²) >= 11 is 0. The molecule has 2 N–H and O–H groups in total. The maximum Gasteiger partial charge on any atom is 0.407 e.